The Labute approximate surface area is 146 Å². The molecular formula is C17H14FN3O3S. The van der Waals surface area contributed by atoms with E-state index in [-0.39, 0.29) is 11.8 Å². The Morgan fingerprint density at radius 3 is 2.68 bits per heavy atom. The summed E-state index contributed by atoms with van der Waals surface area (Å²) in [6.45, 7) is 1.73. The fraction of sp³-hybridized carbons (Fsp3) is 0.118. The molecule has 1 aromatic carbocycles. The van der Waals surface area contributed by atoms with Crippen LogP contribution in [0.1, 0.15) is 23.0 Å². The summed E-state index contributed by atoms with van der Waals surface area (Å²) in [5, 5.41) is 7.47. The normalized spacial score (nSPS) is 10.5. The van der Waals surface area contributed by atoms with Gasteiger partial charge in [0.2, 0.25) is 5.91 Å². The number of aromatic nitrogens is 1. The molecule has 0 unspecified atom stereocenters. The van der Waals surface area contributed by atoms with Gasteiger partial charge in [0, 0.05) is 17.9 Å². The summed E-state index contributed by atoms with van der Waals surface area (Å²) in [6.07, 6.45) is 0. The predicted octanol–water partition coefficient (Wildman–Crippen LogP) is 3.43. The second-order valence-corrected chi connectivity index (χ2v) is 6.03. The first-order chi connectivity index (χ1) is 12.0. The summed E-state index contributed by atoms with van der Waals surface area (Å²) in [5.41, 5.74) is 0.919. The van der Waals surface area contributed by atoms with E-state index in [0.29, 0.717) is 34.5 Å². The Morgan fingerprint density at radius 2 is 1.96 bits per heavy atom. The first-order valence-electron chi connectivity index (χ1n) is 7.37. The maximum Gasteiger partial charge on any atom is 0.257 e. The van der Waals surface area contributed by atoms with Gasteiger partial charge in [-0.2, -0.15) is 0 Å². The molecule has 3 aromatic rings. The van der Waals surface area contributed by atoms with Gasteiger partial charge in [-0.1, -0.05) is 0 Å². The lowest BCUT2D eigenvalue weighted by Crippen LogP contribution is -2.18. The van der Waals surface area contributed by atoms with Gasteiger partial charge < -0.3 is 9.73 Å². The highest BCUT2D eigenvalue weighted by Crippen LogP contribution is 2.27. The van der Waals surface area contributed by atoms with E-state index in [1.807, 2.05) is 0 Å². The highest BCUT2D eigenvalue weighted by atomic mass is 32.1. The monoisotopic (exact) mass is 359 g/mol. The number of carbonyl (C=O) groups is 2. The van der Waals surface area contributed by atoms with Gasteiger partial charge in [-0.3, -0.25) is 14.9 Å². The molecule has 0 fully saturated rings. The topological polar surface area (TPSA) is 84.2 Å². The highest BCUT2D eigenvalue weighted by Gasteiger charge is 2.12. The number of amides is 2. The van der Waals surface area contributed by atoms with E-state index in [0.717, 1.165) is 0 Å². The van der Waals surface area contributed by atoms with Crippen LogP contribution >= 0.6 is 11.3 Å². The third-order valence-corrected chi connectivity index (χ3v) is 4.01. The Kier molecular flexibility index (Phi) is 4.90. The lowest BCUT2D eigenvalue weighted by Gasteiger charge is -2.01. The van der Waals surface area contributed by atoms with Gasteiger partial charge in [0.25, 0.3) is 5.91 Å². The van der Waals surface area contributed by atoms with Crippen LogP contribution in [0.5, 0.6) is 0 Å². The minimum absolute atomic E-state index is 0.141. The third-order valence-electron chi connectivity index (χ3n) is 3.26. The summed E-state index contributed by atoms with van der Waals surface area (Å²) < 4.78 is 18.5. The first kappa shape index (κ1) is 16.8. The molecule has 3 rings (SSSR count). The van der Waals surface area contributed by atoms with Crippen LogP contribution in [0.4, 0.5) is 9.52 Å². The number of halogens is 1. The Morgan fingerprint density at radius 1 is 1.20 bits per heavy atom. The SMILES string of the molecule is CC(=O)NCc1ccc(-c2csc(NC(=O)c3ccc(F)cc3)n2)o1. The quantitative estimate of drug-likeness (QED) is 0.731. The fourth-order valence-electron chi connectivity index (χ4n) is 2.04. The number of hydrogen-bond donors (Lipinski definition) is 2. The van der Waals surface area contributed by atoms with Crippen molar-refractivity contribution >= 4 is 28.3 Å². The van der Waals surface area contributed by atoms with Gasteiger partial charge in [0.15, 0.2) is 10.9 Å². The van der Waals surface area contributed by atoms with Crippen molar-refractivity contribution in [3.63, 3.8) is 0 Å². The number of rotatable bonds is 5. The summed E-state index contributed by atoms with van der Waals surface area (Å²) >= 11 is 1.25. The van der Waals surface area contributed by atoms with Crippen molar-refractivity contribution in [2.24, 2.45) is 0 Å². The van der Waals surface area contributed by atoms with Crippen molar-refractivity contribution < 1.29 is 18.4 Å². The zero-order valence-corrected chi connectivity index (χ0v) is 14.0. The van der Waals surface area contributed by atoms with Crippen LogP contribution in [0.2, 0.25) is 0 Å². The van der Waals surface area contributed by atoms with Crippen molar-refractivity contribution in [1.82, 2.24) is 10.3 Å². The third kappa shape index (κ3) is 4.30. The minimum atomic E-state index is -0.402. The summed E-state index contributed by atoms with van der Waals surface area (Å²) in [7, 11) is 0. The van der Waals surface area contributed by atoms with E-state index in [1.165, 1.54) is 42.5 Å². The van der Waals surface area contributed by atoms with Crippen molar-refractivity contribution in [1.29, 1.82) is 0 Å². The number of carbonyl (C=O) groups excluding carboxylic acids is 2. The fourth-order valence-corrected chi connectivity index (χ4v) is 2.73. The number of furan rings is 1. The molecule has 0 aliphatic carbocycles. The van der Waals surface area contributed by atoms with Crippen molar-refractivity contribution in [2.75, 3.05) is 5.32 Å². The van der Waals surface area contributed by atoms with E-state index in [1.54, 1.807) is 17.5 Å². The van der Waals surface area contributed by atoms with E-state index < -0.39 is 5.82 Å². The van der Waals surface area contributed by atoms with E-state index in [9.17, 15) is 14.0 Å². The molecule has 0 atom stereocenters. The summed E-state index contributed by atoms with van der Waals surface area (Å²) in [6, 6.07) is 8.75. The van der Waals surface area contributed by atoms with Crippen LogP contribution in [-0.2, 0) is 11.3 Å². The Balaban J connectivity index is 1.67. The number of benzene rings is 1. The van der Waals surface area contributed by atoms with Gasteiger partial charge in [0.1, 0.15) is 17.3 Å². The smallest absolute Gasteiger partial charge is 0.257 e. The van der Waals surface area contributed by atoms with Gasteiger partial charge in [-0.25, -0.2) is 9.37 Å². The molecule has 2 N–H and O–H groups in total. The molecule has 0 saturated carbocycles. The zero-order chi connectivity index (χ0) is 17.8. The molecular weight excluding hydrogens is 345 g/mol. The van der Waals surface area contributed by atoms with Gasteiger partial charge in [0.05, 0.1) is 6.54 Å². The Hall–Kier alpha value is -3.00. The number of thiazole rings is 1. The molecule has 2 heterocycles. The van der Waals surface area contributed by atoms with Crippen LogP contribution in [0.3, 0.4) is 0 Å². The van der Waals surface area contributed by atoms with Crippen molar-refractivity contribution in [3.05, 3.63) is 58.9 Å². The van der Waals surface area contributed by atoms with Gasteiger partial charge in [-0.05, 0) is 36.4 Å². The molecule has 25 heavy (non-hydrogen) atoms. The minimum Gasteiger partial charge on any atom is -0.458 e. The second kappa shape index (κ2) is 7.27. The molecule has 0 radical (unpaired) electrons. The number of nitrogens with one attached hydrogen (secondary N) is 2. The maximum atomic E-state index is 12.9. The van der Waals surface area contributed by atoms with E-state index in [2.05, 4.69) is 15.6 Å². The molecule has 6 nitrogen and oxygen atoms in total. The second-order valence-electron chi connectivity index (χ2n) is 5.17. The molecule has 0 spiro atoms. The van der Waals surface area contributed by atoms with Gasteiger partial charge >= 0.3 is 0 Å². The van der Waals surface area contributed by atoms with Crippen LogP contribution in [0.15, 0.2) is 46.2 Å². The zero-order valence-electron chi connectivity index (χ0n) is 13.2. The van der Waals surface area contributed by atoms with Crippen LogP contribution < -0.4 is 10.6 Å². The average Bonchev–Trinajstić information content (AvgIpc) is 3.22. The Bertz CT molecular complexity index is 902. The first-order valence-corrected chi connectivity index (χ1v) is 8.25. The number of anilines is 1. The standard InChI is InChI=1S/C17H14FN3O3S/c1-10(22)19-8-13-6-7-15(24-13)14-9-25-17(20-14)21-16(23)11-2-4-12(18)5-3-11/h2-7,9H,8H2,1H3,(H,19,22)(H,20,21,23). The molecule has 0 aliphatic rings. The lowest BCUT2D eigenvalue weighted by molar-refractivity contribution is -0.119. The van der Waals surface area contributed by atoms with E-state index in [4.69, 9.17) is 4.42 Å². The summed E-state index contributed by atoms with van der Waals surface area (Å²) in [5.74, 6) is 0.235. The van der Waals surface area contributed by atoms with Gasteiger partial charge in [-0.15, -0.1) is 11.3 Å². The van der Waals surface area contributed by atoms with E-state index >= 15 is 0 Å². The lowest BCUT2D eigenvalue weighted by atomic mass is 10.2. The molecule has 128 valence electrons. The van der Waals surface area contributed by atoms with Crippen molar-refractivity contribution in [3.8, 4) is 11.5 Å². The van der Waals surface area contributed by atoms with Crippen LogP contribution in [0, 0.1) is 5.82 Å². The number of hydrogen-bond acceptors (Lipinski definition) is 5. The average molecular weight is 359 g/mol. The van der Waals surface area contributed by atoms with Crippen LogP contribution in [-0.4, -0.2) is 16.8 Å². The molecule has 0 bridgehead atoms. The molecule has 0 saturated heterocycles. The van der Waals surface area contributed by atoms with Crippen molar-refractivity contribution in [2.45, 2.75) is 13.5 Å². The molecule has 0 aliphatic heterocycles. The predicted molar refractivity (Wildman–Crippen MR) is 91.7 cm³/mol. The van der Waals surface area contributed by atoms with Crippen LogP contribution in [0.25, 0.3) is 11.5 Å². The maximum absolute atomic E-state index is 12.9. The summed E-state index contributed by atoms with van der Waals surface area (Å²) in [4.78, 5) is 27.3. The number of nitrogens with zero attached hydrogens (tertiary/aromatic N) is 1. The molecule has 2 amide bonds. The largest absolute Gasteiger partial charge is 0.458 e. The molecule has 2 aromatic heterocycles. The highest BCUT2D eigenvalue weighted by molar-refractivity contribution is 7.14. The molecule has 8 heteroatoms.